The van der Waals surface area contributed by atoms with Gasteiger partial charge in [0.2, 0.25) is 0 Å². The van der Waals surface area contributed by atoms with E-state index in [4.69, 9.17) is 4.74 Å². The molecular weight excluding hydrogens is 434 g/mol. The van der Waals surface area contributed by atoms with Gasteiger partial charge in [-0.1, -0.05) is 39.3 Å². The lowest BCUT2D eigenvalue weighted by Crippen LogP contribution is -2.37. The van der Waals surface area contributed by atoms with Gasteiger partial charge in [0.25, 0.3) is 5.82 Å². The molecule has 1 aliphatic heterocycles. The Morgan fingerprint density at radius 1 is 1.06 bits per heavy atom. The molecule has 3 atom stereocenters. The van der Waals surface area contributed by atoms with Crippen molar-refractivity contribution in [2.24, 2.45) is 24.8 Å². The summed E-state index contributed by atoms with van der Waals surface area (Å²) < 4.78 is 10.5. The molecule has 186 valence electrons. The average Bonchev–Trinajstić information content (AvgIpc) is 3.47. The zero-order valence-corrected chi connectivity index (χ0v) is 21.7. The summed E-state index contributed by atoms with van der Waals surface area (Å²) in [6.45, 7) is 9.28. The predicted molar refractivity (Wildman–Crippen MR) is 141 cm³/mol. The molecule has 1 saturated carbocycles. The number of para-hydroxylation sites is 2. The maximum atomic E-state index is 13.4. The van der Waals surface area contributed by atoms with Gasteiger partial charge in [-0.25, -0.2) is 13.9 Å². The largest absolute Gasteiger partial charge is 0.459 e. The standard InChI is InChI=1S/C30H40N3O2/c1-21(2)25-16-11-22(3)19-28(25)35-29(34)20-33-27-10-6-5-9-26(27)31(4)30(33)23-12-14-24(15-13-23)32-17-7-8-18-32/h5-6,9-10,12-15,21-22,25,28H,7-8,11,16-20H2,1-4H3/q+1/t22-,25+,28-/m1/s1. The number of hydrogen-bond acceptors (Lipinski definition) is 3. The summed E-state index contributed by atoms with van der Waals surface area (Å²) in [7, 11) is 2.09. The summed E-state index contributed by atoms with van der Waals surface area (Å²) in [6.07, 6.45) is 5.90. The number of benzene rings is 2. The molecule has 2 heterocycles. The fourth-order valence-corrected chi connectivity index (χ4v) is 6.28. The Hall–Kier alpha value is -2.82. The van der Waals surface area contributed by atoms with E-state index < -0.39 is 0 Å². The molecule has 5 rings (SSSR count). The second-order valence-electron chi connectivity index (χ2n) is 11.1. The summed E-state index contributed by atoms with van der Waals surface area (Å²) in [5, 5.41) is 0. The third kappa shape index (κ3) is 4.82. The molecule has 3 aromatic rings. The molecule has 1 aromatic heterocycles. The van der Waals surface area contributed by atoms with Crippen molar-refractivity contribution in [2.45, 2.75) is 65.5 Å². The first-order valence-electron chi connectivity index (χ1n) is 13.4. The molecule has 5 heteroatoms. The number of ether oxygens (including phenoxy) is 1. The second-order valence-corrected chi connectivity index (χ2v) is 11.1. The van der Waals surface area contributed by atoms with E-state index in [0.717, 1.165) is 48.4 Å². The van der Waals surface area contributed by atoms with E-state index in [1.54, 1.807) is 0 Å². The maximum Gasteiger partial charge on any atom is 0.348 e. The van der Waals surface area contributed by atoms with Crippen molar-refractivity contribution in [2.75, 3.05) is 18.0 Å². The number of rotatable bonds is 6. The number of imidazole rings is 1. The van der Waals surface area contributed by atoms with E-state index in [1.165, 1.54) is 24.9 Å². The molecular formula is C30H40N3O2+. The molecule has 1 saturated heterocycles. The number of carbonyl (C=O) groups excluding carboxylic acids is 1. The van der Waals surface area contributed by atoms with Gasteiger partial charge < -0.3 is 9.64 Å². The molecule has 0 unspecified atom stereocenters. The van der Waals surface area contributed by atoms with Gasteiger partial charge in [-0.2, -0.15) is 0 Å². The highest BCUT2D eigenvalue weighted by Crippen LogP contribution is 2.35. The van der Waals surface area contributed by atoms with Gasteiger partial charge in [-0.15, -0.1) is 0 Å². The van der Waals surface area contributed by atoms with Crippen LogP contribution in [-0.4, -0.2) is 29.7 Å². The van der Waals surface area contributed by atoms with Crippen LogP contribution in [0.4, 0.5) is 5.69 Å². The molecule has 0 radical (unpaired) electrons. The van der Waals surface area contributed by atoms with E-state index in [9.17, 15) is 4.79 Å². The van der Waals surface area contributed by atoms with Crippen molar-refractivity contribution < 1.29 is 14.1 Å². The minimum absolute atomic E-state index is 0.0185. The van der Waals surface area contributed by atoms with Crippen LogP contribution in [0.1, 0.15) is 52.9 Å². The predicted octanol–water partition coefficient (Wildman–Crippen LogP) is 5.74. The summed E-state index contributed by atoms with van der Waals surface area (Å²) in [5.74, 6) is 2.48. The van der Waals surface area contributed by atoms with Crippen molar-refractivity contribution in [3.8, 4) is 11.4 Å². The number of carbonyl (C=O) groups is 1. The minimum Gasteiger partial charge on any atom is -0.459 e. The molecule has 0 bridgehead atoms. The fraction of sp³-hybridized carbons (Fsp3) is 0.533. The first-order chi connectivity index (χ1) is 16.9. The van der Waals surface area contributed by atoms with Crippen LogP contribution in [-0.2, 0) is 23.1 Å². The lowest BCUT2D eigenvalue weighted by molar-refractivity contribution is -0.634. The highest BCUT2D eigenvalue weighted by atomic mass is 16.5. The van der Waals surface area contributed by atoms with Crippen molar-refractivity contribution in [3.63, 3.8) is 0 Å². The maximum absolute atomic E-state index is 13.4. The zero-order chi connectivity index (χ0) is 24.5. The number of esters is 1. The highest BCUT2D eigenvalue weighted by molar-refractivity contribution is 5.80. The Balaban J connectivity index is 1.44. The van der Waals surface area contributed by atoms with Gasteiger partial charge in [-0.3, -0.25) is 0 Å². The lowest BCUT2D eigenvalue weighted by Gasteiger charge is -2.36. The SMILES string of the molecule is CC(C)[C@@H]1CC[C@@H](C)C[C@H]1OC(=O)Cn1c(-c2ccc(N3CCCC3)cc2)[n+](C)c2ccccc21. The van der Waals surface area contributed by atoms with Crippen LogP contribution in [0.25, 0.3) is 22.4 Å². The molecule has 1 aliphatic carbocycles. The molecule has 2 fully saturated rings. The molecule has 0 spiro atoms. The van der Waals surface area contributed by atoms with Gasteiger partial charge >= 0.3 is 5.97 Å². The number of nitrogens with zero attached hydrogens (tertiary/aromatic N) is 3. The lowest BCUT2D eigenvalue weighted by atomic mass is 9.75. The fourth-order valence-electron chi connectivity index (χ4n) is 6.28. The van der Waals surface area contributed by atoms with Crippen LogP contribution in [0.5, 0.6) is 0 Å². The van der Waals surface area contributed by atoms with Crippen LogP contribution in [0.3, 0.4) is 0 Å². The molecule has 35 heavy (non-hydrogen) atoms. The van der Waals surface area contributed by atoms with Gasteiger partial charge in [0, 0.05) is 18.8 Å². The third-order valence-corrected chi connectivity index (χ3v) is 8.24. The van der Waals surface area contributed by atoms with Crippen molar-refractivity contribution >= 4 is 22.7 Å². The van der Waals surface area contributed by atoms with Gasteiger partial charge in [0.05, 0.1) is 12.6 Å². The molecule has 0 N–H and O–H groups in total. The van der Waals surface area contributed by atoms with E-state index in [0.29, 0.717) is 17.8 Å². The summed E-state index contributed by atoms with van der Waals surface area (Å²) >= 11 is 0. The average molecular weight is 475 g/mol. The van der Waals surface area contributed by atoms with Crippen molar-refractivity contribution in [1.82, 2.24) is 4.57 Å². The smallest absolute Gasteiger partial charge is 0.348 e. The molecule has 2 aliphatic rings. The number of aromatic nitrogens is 2. The van der Waals surface area contributed by atoms with Gasteiger partial charge in [0.15, 0.2) is 17.6 Å². The Labute approximate surface area is 209 Å². The Bertz CT molecular complexity index is 1170. The summed E-state index contributed by atoms with van der Waals surface area (Å²) in [5.41, 5.74) is 4.57. The van der Waals surface area contributed by atoms with Crippen molar-refractivity contribution in [3.05, 3.63) is 48.5 Å². The Morgan fingerprint density at radius 2 is 1.77 bits per heavy atom. The van der Waals surface area contributed by atoms with Crippen LogP contribution in [0, 0.1) is 17.8 Å². The summed E-state index contributed by atoms with van der Waals surface area (Å²) in [4.78, 5) is 15.8. The van der Waals surface area contributed by atoms with Gasteiger partial charge in [0.1, 0.15) is 6.10 Å². The van der Waals surface area contributed by atoms with Crippen LogP contribution >= 0.6 is 0 Å². The molecule has 0 amide bonds. The van der Waals surface area contributed by atoms with E-state index in [1.807, 2.05) is 6.07 Å². The summed E-state index contributed by atoms with van der Waals surface area (Å²) in [6, 6.07) is 17.2. The highest BCUT2D eigenvalue weighted by Gasteiger charge is 2.34. The second kappa shape index (κ2) is 10.0. The first kappa shape index (κ1) is 23.9. The zero-order valence-electron chi connectivity index (χ0n) is 21.7. The van der Waals surface area contributed by atoms with E-state index in [-0.39, 0.29) is 18.6 Å². The van der Waals surface area contributed by atoms with Crippen LogP contribution in [0.15, 0.2) is 48.5 Å². The first-order valence-corrected chi connectivity index (χ1v) is 13.4. The number of fused-ring (bicyclic) bond motifs is 1. The van der Waals surface area contributed by atoms with Crippen molar-refractivity contribution in [1.29, 1.82) is 0 Å². The Morgan fingerprint density at radius 3 is 2.49 bits per heavy atom. The van der Waals surface area contributed by atoms with E-state index >= 15 is 0 Å². The normalized spacial score (nSPS) is 22.8. The number of hydrogen-bond donors (Lipinski definition) is 0. The molecule has 2 aromatic carbocycles. The van der Waals surface area contributed by atoms with Crippen LogP contribution < -0.4 is 9.47 Å². The quantitative estimate of drug-likeness (QED) is 0.338. The number of anilines is 1. The number of aryl methyl sites for hydroxylation is 1. The third-order valence-electron chi connectivity index (χ3n) is 8.24. The monoisotopic (exact) mass is 474 g/mol. The Kier molecular flexibility index (Phi) is 6.86. The van der Waals surface area contributed by atoms with Gasteiger partial charge in [-0.05, 0) is 79.8 Å². The molecule has 5 nitrogen and oxygen atoms in total. The minimum atomic E-state index is -0.133. The van der Waals surface area contributed by atoms with E-state index in [2.05, 4.69) is 84.3 Å². The van der Waals surface area contributed by atoms with Crippen LogP contribution in [0.2, 0.25) is 0 Å². The topological polar surface area (TPSA) is 38.4 Å².